The standard InChI is InChI=1S/C15H24N4O/c1-15(2,18-20)11-17-13-7-9-19(10-8-13)14-5-3-12(16)4-6-14/h3-6,13,17H,7-11,16H2,1-2H3. The Labute approximate surface area is 120 Å². The number of nitrogen functional groups attached to an aromatic ring is 1. The lowest BCUT2D eigenvalue weighted by atomic mass is 10.0. The first-order chi connectivity index (χ1) is 9.50. The molecule has 5 heteroatoms. The van der Waals surface area contributed by atoms with Crippen molar-refractivity contribution in [1.82, 2.24) is 5.32 Å². The molecule has 1 aromatic rings. The van der Waals surface area contributed by atoms with E-state index in [0.29, 0.717) is 12.6 Å². The number of nitrogens with two attached hydrogens (primary N) is 1. The van der Waals surface area contributed by atoms with Gasteiger partial charge in [-0.15, -0.1) is 0 Å². The van der Waals surface area contributed by atoms with Gasteiger partial charge in [0.2, 0.25) is 0 Å². The third-order valence-electron chi connectivity index (χ3n) is 3.82. The average molecular weight is 276 g/mol. The van der Waals surface area contributed by atoms with Crippen LogP contribution in [0.3, 0.4) is 0 Å². The van der Waals surface area contributed by atoms with Crippen molar-refractivity contribution in [3.05, 3.63) is 29.2 Å². The van der Waals surface area contributed by atoms with Gasteiger partial charge in [-0.1, -0.05) is 5.18 Å². The minimum atomic E-state index is -0.520. The van der Waals surface area contributed by atoms with Gasteiger partial charge < -0.3 is 16.0 Å². The fourth-order valence-corrected chi connectivity index (χ4v) is 2.45. The lowest BCUT2D eigenvalue weighted by molar-refractivity contribution is 0.369. The van der Waals surface area contributed by atoms with Crippen molar-refractivity contribution in [2.24, 2.45) is 5.18 Å². The molecule has 0 bridgehead atoms. The Bertz CT molecular complexity index is 436. The number of hydrogen-bond donors (Lipinski definition) is 2. The summed E-state index contributed by atoms with van der Waals surface area (Å²) in [7, 11) is 0. The first kappa shape index (κ1) is 14.8. The van der Waals surface area contributed by atoms with Gasteiger partial charge in [0.1, 0.15) is 5.54 Å². The third-order valence-corrected chi connectivity index (χ3v) is 3.82. The van der Waals surface area contributed by atoms with Crippen LogP contribution in [0.25, 0.3) is 0 Å². The zero-order chi connectivity index (χ0) is 14.6. The number of nitroso groups, excluding NO2 is 1. The van der Waals surface area contributed by atoms with Crippen molar-refractivity contribution >= 4 is 11.4 Å². The zero-order valence-corrected chi connectivity index (χ0v) is 12.3. The highest BCUT2D eigenvalue weighted by atomic mass is 16.3. The maximum atomic E-state index is 10.7. The second-order valence-corrected chi connectivity index (χ2v) is 6.14. The summed E-state index contributed by atoms with van der Waals surface area (Å²) in [5.41, 5.74) is 7.22. The van der Waals surface area contributed by atoms with E-state index in [1.54, 1.807) is 0 Å². The lowest BCUT2D eigenvalue weighted by Gasteiger charge is -2.35. The number of nitrogens with zero attached hydrogens (tertiary/aromatic N) is 2. The van der Waals surface area contributed by atoms with E-state index >= 15 is 0 Å². The molecule has 1 heterocycles. The van der Waals surface area contributed by atoms with E-state index in [-0.39, 0.29) is 0 Å². The van der Waals surface area contributed by atoms with Gasteiger partial charge >= 0.3 is 0 Å². The van der Waals surface area contributed by atoms with Crippen molar-refractivity contribution < 1.29 is 0 Å². The van der Waals surface area contributed by atoms with Crippen LogP contribution in [0.1, 0.15) is 26.7 Å². The van der Waals surface area contributed by atoms with Crippen LogP contribution in [0.4, 0.5) is 11.4 Å². The van der Waals surface area contributed by atoms with Gasteiger partial charge in [0.05, 0.1) is 0 Å². The second-order valence-electron chi connectivity index (χ2n) is 6.14. The molecule has 2 rings (SSSR count). The molecule has 0 aliphatic carbocycles. The predicted molar refractivity (Wildman–Crippen MR) is 84.0 cm³/mol. The summed E-state index contributed by atoms with van der Waals surface area (Å²) >= 11 is 0. The lowest BCUT2D eigenvalue weighted by Crippen LogP contribution is -2.46. The van der Waals surface area contributed by atoms with Crippen molar-refractivity contribution in [2.45, 2.75) is 38.3 Å². The Morgan fingerprint density at radius 2 is 1.90 bits per heavy atom. The van der Waals surface area contributed by atoms with E-state index in [9.17, 15) is 4.91 Å². The fourth-order valence-electron chi connectivity index (χ4n) is 2.45. The number of anilines is 2. The molecule has 0 amide bonds. The number of nitrogens with one attached hydrogen (secondary N) is 1. The van der Waals surface area contributed by atoms with Crippen molar-refractivity contribution in [1.29, 1.82) is 0 Å². The Hall–Kier alpha value is -1.62. The van der Waals surface area contributed by atoms with Crippen LogP contribution in [-0.2, 0) is 0 Å². The van der Waals surface area contributed by atoms with E-state index in [2.05, 4.69) is 27.5 Å². The SMILES string of the molecule is CC(C)(CNC1CCN(c2ccc(N)cc2)CC1)N=O. The molecule has 1 aromatic carbocycles. The van der Waals surface area contributed by atoms with Gasteiger partial charge in [0, 0.05) is 37.1 Å². The minimum absolute atomic E-state index is 0.473. The summed E-state index contributed by atoms with van der Waals surface area (Å²) < 4.78 is 0. The summed E-state index contributed by atoms with van der Waals surface area (Å²) in [5.74, 6) is 0. The molecule has 1 aliphatic rings. The quantitative estimate of drug-likeness (QED) is 0.640. The molecular formula is C15H24N4O. The van der Waals surface area contributed by atoms with Gasteiger partial charge in [0.25, 0.3) is 0 Å². The van der Waals surface area contributed by atoms with Gasteiger partial charge in [-0.2, -0.15) is 4.91 Å². The highest BCUT2D eigenvalue weighted by Gasteiger charge is 2.23. The molecule has 0 spiro atoms. The van der Waals surface area contributed by atoms with Crippen LogP contribution in [-0.4, -0.2) is 31.2 Å². The molecule has 0 atom stereocenters. The molecule has 0 aromatic heterocycles. The average Bonchev–Trinajstić information content (AvgIpc) is 2.47. The number of rotatable bonds is 5. The number of benzene rings is 1. The van der Waals surface area contributed by atoms with E-state index in [1.807, 2.05) is 26.0 Å². The van der Waals surface area contributed by atoms with E-state index < -0.39 is 5.54 Å². The molecule has 0 unspecified atom stereocenters. The molecule has 3 N–H and O–H groups in total. The van der Waals surface area contributed by atoms with Gasteiger partial charge in [0.15, 0.2) is 0 Å². The highest BCUT2D eigenvalue weighted by Crippen LogP contribution is 2.21. The molecule has 0 saturated carbocycles. The van der Waals surface area contributed by atoms with Crippen molar-refractivity contribution in [2.75, 3.05) is 30.3 Å². The molecule has 0 radical (unpaired) electrons. The van der Waals surface area contributed by atoms with Crippen LogP contribution in [0.5, 0.6) is 0 Å². The first-order valence-corrected chi connectivity index (χ1v) is 7.18. The Morgan fingerprint density at radius 3 is 2.45 bits per heavy atom. The smallest absolute Gasteiger partial charge is 0.109 e. The minimum Gasteiger partial charge on any atom is -0.399 e. The van der Waals surface area contributed by atoms with Crippen LogP contribution >= 0.6 is 0 Å². The van der Waals surface area contributed by atoms with Crippen LogP contribution in [0.2, 0.25) is 0 Å². The molecule has 1 saturated heterocycles. The van der Waals surface area contributed by atoms with Gasteiger partial charge in [-0.3, -0.25) is 0 Å². The highest BCUT2D eigenvalue weighted by molar-refractivity contribution is 5.53. The van der Waals surface area contributed by atoms with Crippen LogP contribution in [0, 0.1) is 4.91 Å². The Morgan fingerprint density at radius 1 is 1.30 bits per heavy atom. The summed E-state index contributed by atoms with van der Waals surface area (Å²) in [5, 5.41) is 6.59. The molecule has 110 valence electrons. The summed E-state index contributed by atoms with van der Waals surface area (Å²) in [6.45, 7) is 6.41. The molecule has 20 heavy (non-hydrogen) atoms. The predicted octanol–water partition coefficient (Wildman–Crippen LogP) is 2.37. The second kappa shape index (κ2) is 6.22. The molecule has 1 fully saturated rings. The summed E-state index contributed by atoms with van der Waals surface area (Å²) in [4.78, 5) is 13.0. The molecular weight excluding hydrogens is 252 g/mol. The molecule has 1 aliphatic heterocycles. The van der Waals surface area contributed by atoms with E-state index in [4.69, 9.17) is 5.73 Å². The van der Waals surface area contributed by atoms with Crippen molar-refractivity contribution in [3.63, 3.8) is 0 Å². The maximum Gasteiger partial charge on any atom is 0.109 e. The zero-order valence-electron chi connectivity index (χ0n) is 12.3. The largest absolute Gasteiger partial charge is 0.399 e. The normalized spacial score (nSPS) is 17.2. The summed E-state index contributed by atoms with van der Waals surface area (Å²) in [6.07, 6.45) is 2.17. The first-order valence-electron chi connectivity index (χ1n) is 7.18. The van der Waals surface area contributed by atoms with Crippen LogP contribution < -0.4 is 16.0 Å². The fraction of sp³-hybridized carbons (Fsp3) is 0.600. The molecule has 5 nitrogen and oxygen atoms in total. The maximum absolute atomic E-state index is 10.7. The van der Waals surface area contributed by atoms with Crippen LogP contribution in [0.15, 0.2) is 29.4 Å². The van der Waals surface area contributed by atoms with Crippen molar-refractivity contribution in [3.8, 4) is 0 Å². The number of piperidine rings is 1. The monoisotopic (exact) mass is 276 g/mol. The third kappa shape index (κ3) is 3.93. The van der Waals surface area contributed by atoms with E-state index in [0.717, 1.165) is 31.6 Å². The Balaban J connectivity index is 1.80. The van der Waals surface area contributed by atoms with Gasteiger partial charge in [-0.05, 0) is 51.0 Å². The number of hydrogen-bond acceptors (Lipinski definition) is 5. The van der Waals surface area contributed by atoms with Gasteiger partial charge in [-0.25, -0.2) is 0 Å². The topological polar surface area (TPSA) is 70.7 Å². The summed E-state index contributed by atoms with van der Waals surface area (Å²) in [6, 6.07) is 8.50. The van der Waals surface area contributed by atoms with E-state index in [1.165, 1.54) is 5.69 Å². The Kier molecular flexibility index (Phi) is 4.60.